The highest BCUT2D eigenvalue weighted by molar-refractivity contribution is 6.07. The summed E-state index contributed by atoms with van der Waals surface area (Å²) in [6, 6.07) is 15.4. The van der Waals surface area contributed by atoms with Crippen molar-refractivity contribution >= 4 is 11.6 Å². The number of benzene rings is 2. The van der Waals surface area contributed by atoms with Gasteiger partial charge in [-0.25, -0.2) is 0 Å². The molecule has 5 nitrogen and oxygen atoms in total. The molecular weight excluding hydrogens is 290 g/mol. The van der Waals surface area contributed by atoms with Crippen LogP contribution in [0.25, 0.3) is 11.4 Å². The lowest BCUT2D eigenvalue weighted by atomic mass is 10.1. The van der Waals surface area contributed by atoms with Gasteiger partial charge in [-0.2, -0.15) is 4.98 Å². The Balaban J connectivity index is 1.60. The van der Waals surface area contributed by atoms with Crippen LogP contribution in [0.3, 0.4) is 0 Å². The van der Waals surface area contributed by atoms with Crippen LogP contribution in [0.5, 0.6) is 0 Å². The van der Waals surface area contributed by atoms with Crippen molar-refractivity contribution in [2.75, 3.05) is 11.4 Å². The van der Waals surface area contributed by atoms with Crippen LogP contribution in [-0.4, -0.2) is 22.6 Å². The number of carbonyl (C=O) groups is 1. The molecule has 0 saturated heterocycles. The third kappa shape index (κ3) is 2.40. The predicted molar refractivity (Wildman–Crippen MR) is 86.3 cm³/mol. The number of aryl methyl sites for hydroxylation is 1. The monoisotopic (exact) mass is 305 g/mol. The average Bonchev–Trinajstić information content (AvgIpc) is 3.21. The Morgan fingerprint density at radius 1 is 1.13 bits per heavy atom. The highest BCUT2D eigenvalue weighted by Gasteiger charge is 2.25. The number of nitrogens with zero attached hydrogens (tertiary/aromatic N) is 3. The van der Waals surface area contributed by atoms with Crippen LogP contribution in [0.1, 0.15) is 21.8 Å². The van der Waals surface area contributed by atoms with Gasteiger partial charge < -0.3 is 9.42 Å². The van der Waals surface area contributed by atoms with Crippen molar-refractivity contribution in [1.29, 1.82) is 0 Å². The van der Waals surface area contributed by atoms with Gasteiger partial charge in [0.2, 0.25) is 11.7 Å². The van der Waals surface area contributed by atoms with E-state index in [1.807, 2.05) is 47.4 Å². The third-order valence-corrected chi connectivity index (χ3v) is 4.05. The minimum absolute atomic E-state index is 0.0193. The minimum atomic E-state index is 0.0193. The van der Waals surface area contributed by atoms with Gasteiger partial charge in [-0.15, -0.1) is 0 Å². The Kier molecular flexibility index (Phi) is 3.19. The van der Waals surface area contributed by atoms with Crippen molar-refractivity contribution in [3.05, 3.63) is 65.5 Å². The van der Waals surface area contributed by atoms with Gasteiger partial charge in [-0.3, -0.25) is 4.79 Å². The molecule has 1 aliphatic heterocycles. The van der Waals surface area contributed by atoms with E-state index in [0.29, 0.717) is 17.3 Å². The minimum Gasteiger partial charge on any atom is -0.339 e. The van der Waals surface area contributed by atoms with E-state index < -0.39 is 0 Å². The summed E-state index contributed by atoms with van der Waals surface area (Å²) in [6.07, 6.45) is 0.905. The van der Waals surface area contributed by atoms with Gasteiger partial charge in [0, 0.05) is 30.3 Å². The lowest BCUT2D eigenvalue weighted by Gasteiger charge is -2.17. The van der Waals surface area contributed by atoms with E-state index in [-0.39, 0.29) is 5.91 Å². The lowest BCUT2D eigenvalue weighted by molar-refractivity contribution is 0.0989. The Morgan fingerprint density at radius 2 is 1.91 bits per heavy atom. The van der Waals surface area contributed by atoms with Gasteiger partial charge in [0.1, 0.15) is 0 Å². The fourth-order valence-corrected chi connectivity index (χ4v) is 2.88. The molecule has 0 N–H and O–H groups in total. The zero-order valence-corrected chi connectivity index (χ0v) is 12.7. The highest BCUT2D eigenvalue weighted by atomic mass is 16.5. The number of carbonyl (C=O) groups excluding carboxylic acids is 1. The van der Waals surface area contributed by atoms with E-state index in [2.05, 4.69) is 16.2 Å². The first-order chi connectivity index (χ1) is 11.2. The molecule has 1 amide bonds. The maximum atomic E-state index is 12.7. The summed E-state index contributed by atoms with van der Waals surface area (Å²) in [7, 11) is 0. The molecule has 23 heavy (non-hydrogen) atoms. The molecule has 5 heteroatoms. The van der Waals surface area contributed by atoms with E-state index in [1.54, 1.807) is 6.92 Å². The van der Waals surface area contributed by atoms with Crippen LogP contribution in [0.15, 0.2) is 53.1 Å². The van der Waals surface area contributed by atoms with Crippen LogP contribution in [0, 0.1) is 6.92 Å². The Hall–Kier alpha value is -2.95. The topological polar surface area (TPSA) is 59.2 Å². The third-order valence-electron chi connectivity index (χ3n) is 4.05. The number of para-hydroxylation sites is 1. The molecule has 0 aliphatic carbocycles. The van der Waals surface area contributed by atoms with E-state index in [9.17, 15) is 4.79 Å². The number of aromatic nitrogens is 2. The van der Waals surface area contributed by atoms with Crippen LogP contribution in [-0.2, 0) is 6.42 Å². The summed E-state index contributed by atoms with van der Waals surface area (Å²) < 4.78 is 4.98. The van der Waals surface area contributed by atoms with Gasteiger partial charge in [0.05, 0.1) is 0 Å². The molecule has 4 rings (SSSR count). The van der Waals surface area contributed by atoms with Crippen LogP contribution in [0.4, 0.5) is 5.69 Å². The maximum absolute atomic E-state index is 12.7. The highest BCUT2D eigenvalue weighted by Crippen LogP contribution is 2.29. The molecule has 0 unspecified atom stereocenters. The quantitative estimate of drug-likeness (QED) is 0.729. The van der Waals surface area contributed by atoms with Crippen molar-refractivity contribution in [2.45, 2.75) is 13.3 Å². The second-order valence-electron chi connectivity index (χ2n) is 5.55. The van der Waals surface area contributed by atoms with Crippen LogP contribution < -0.4 is 4.90 Å². The lowest BCUT2D eigenvalue weighted by Crippen LogP contribution is -2.28. The molecule has 0 saturated carbocycles. The molecule has 0 fully saturated rings. The smallest absolute Gasteiger partial charge is 0.258 e. The normalized spacial score (nSPS) is 13.2. The predicted octanol–water partition coefficient (Wildman–Crippen LogP) is 3.25. The molecule has 0 radical (unpaired) electrons. The molecule has 2 aromatic carbocycles. The molecule has 0 bridgehead atoms. The summed E-state index contributed by atoms with van der Waals surface area (Å²) >= 11 is 0. The van der Waals surface area contributed by atoms with Crippen molar-refractivity contribution in [3.8, 4) is 11.4 Å². The summed E-state index contributed by atoms with van der Waals surface area (Å²) in [5, 5.41) is 3.89. The number of rotatable bonds is 2. The first-order valence-corrected chi connectivity index (χ1v) is 7.53. The van der Waals surface area contributed by atoms with Crippen molar-refractivity contribution in [2.24, 2.45) is 0 Å². The van der Waals surface area contributed by atoms with Crippen molar-refractivity contribution in [3.63, 3.8) is 0 Å². The van der Waals surface area contributed by atoms with Crippen molar-refractivity contribution in [1.82, 2.24) is 10.1 Å². The number of hydrogen-bond acceptors (Lipinski definition) is 4. The van der Waals surface area contributed by atoms with Crippen molar-refractivity contribution < 1.29 is 9.32 Å². The Morgan fingerprint density at radius 3 is 2.65 bits per heavy atom. The van der Waals surface area contributed by atoms with E-state index in [4.69, 9.17) is 4.52 Å². The molecule has 114 valence electrons. The Bertz CT molecular complexity index is 868. The van der Waals surface area contributed by atoms with E-state index >= 15 is 0 Å². The van der Waals surface area contributed by atoms with Gasteiger partial charge in [0.15, 0.2) is 0 Å². The molecule has 0 atom stereocenters. The summed E-state index contributed by atoms with van der Waals surface area (Å²) in [5.74, 6) is 1.08. The fraction of sp³-hybridized carbons (Fsp3) is 0.167. The Labute approximate surface area is 133 Å². The molecule has 1 aromatic heterocycles. The number of amides is 1. The van der Waals surface area contributed by atoms with Crippen LogP contribution >= 0.6 is 0 Å². The maximum Gasteiger partial charge on any atom is 0.258 e. The SMILES string of the molecule is Cc1nc(-c2ccc(C(=O)N3CCc4ccccc43)cc2)no1. The van der Waals surface area contributed by atoms with Gasteiger partial charge in [0.25, 0.3) is 5.91 Å². The fourth-order valence-electron chi connectivity index (χ4n) is 2.88. The molecule has 2 heterocycles. The number of fused-ring (bicyclic) bond motifs is 1. The van der Waals surface area contributed by atoms with Gasteiger partial charge in [-0.1, -0.05) is 35.5 Å². The molecule has 0 spiro atoms. The van der Waals surface area contributed by atoms with Crippen LogP contribution in [0.2, 0.25) is 0 Å². The summed E-state index contributed by atoms with van der Waals surface area (Å²) in [5.41, 5.74) is 3.72. The summed E-state index contributed by atoms with van der Waals surface area (Å²) in [6.45, 7) is 2.48. The molecule has 1 aliphatic rings. The zero-order chi connectivity index (χ0) is 15.8. The van der Waals surface area contributed by atoms with E-state index in [0.717, 1.165) is 24.2 Å². The largest absolute Gasteiger partial charge is 0.339 e. The number of hydrogen-bond donors (Lipinski definition) is 0. The number of anilines is 1. The second kappa shape index (κ2) is 5.35. The molecular formula is C18H15N3O2. The average molecular weight is 305 g/mol. The van der Waals surface area contributed by atoms with Gasteiger partial charge >= 0.3 is 0 Å². The zero-order valence-electron chi connectivity index (χ0n) is 12.7. The summed E-state index contributed by atoms with van der Waals surface area (Å²) in [4.78, 5) is 18.8. The first kappa shape index (κ1) is 13.7. The molecule has 3 aromatic rings. The standard InChI is InChI=1S/C18H15N3O2/c1-12-19-17(20-23-12)14-6-8-15(9-7-14)18(22)21-11-10-13-4-2-3-5-16(13)21/h2-9H,10-11H2,1H3. The van der Waals surface area contributed by atoms with Gasteiger partial charge in [-0.05, 0) is 30.2 Å². The first-order valence-electron chi connectivity index (χ1n) is 7.53. The van der Waals surface area contributed by atoms with E-state index in [1.165, 1.54) is 5.56 Å². The second-order valence-corrected chi connectivity index (χ2v) is 5.55.